The molecule has 0 aliphatic heterocycles. The van der Waals surface area contributed by atoms with Crippen LogP contribution in [-0.4, -0.2) is 5.97 Å². The van der Waals surface area contributed by atoms with Crippen LogP contribution in [0, 0.1) is 0 Å². The Bertz CT molecular complexity index is 648. The van der Waals surface area contributed by atoms with Crippen LogP contribution in [0.4, 0.5) is 0 Å². The minimum atomic E-state index is -0.168. The molecule has 0 atom stereocenters. The van der Waals surface area contributed by atoms with E-state index in [1.807, 2.05) is 18.2 Å². The summed E-state index contributed by atoms with van der Waals surface area (Å²) in [7, 11) is 0. The lowest BCUT2D eigenvalue weighted by Gasteiger charge is -2.02. The van der Waals surface area contributed by atoms with Crippen molar-refractivity contribution in [2.24, 2.45) is 0 Å². The molecule has 0 spiro atoms. The van der Waals surface area contributed by atoms with Gasteiger partial charge in [-0.3, -0.25) is 4.79 Å². The molecular formula is C26H34O2. The summed E-state index contributed by atoms with van der Waals surface area (Å²) in [5.74, 6) is 0.445. The average molecular weight is 379 g/mol. The number of carbonyl (C=O) groups excluding carboxylic acids is 1. The highest BCUT2D eigenvalue weighted by Gasteiger charge is 2.02. The molecule has 2 heteroatoms. The maximum absolute atomic E-state index is 11.7. The first kappa shape index (κ1) is 23.4. The summed E-state index contributed by atoms with van der Waals surface area (Å²) < 4.78 is 5.26. The zero-order chi connectivity index (χ0) is 20.1. The van der Waals surface area contributed by atoms with Gasteiger partial charge in [0, 0.05) is 6.42 Å². The molecule has 0 radical (unpaired) electrons. The van der Waals surface area contributed by atoms with Gasteiger partial charge < -0.3 is 4.74 Å². The van der Waals surface area contributed by atoms with Crippen molar-refractivity contribution < 1.29 is 9.53 Å². The summed E-state index contributed by atoms with van der Waals surface area (Å²) in [4.78, 5) is 11.7. The fourth-order valence-electron chi connectivity index (χ4n) is 2.40. The van der Waals surface area contributed by atoms with E-state index >= 15 is 0 Å². The van der Waals surface area contributed by atoms with Crippen molar-refractivity contribution in [2.75, 3.05) is 0 Å². The van der Waals surface area contributed by atoms with E-state index in [2.05, 4.69) is 67.7 Å². The first-order valence-corrected chi connectivity index (χ1v) is 10.3. The zero-order valence-corrected chi connectivity index (χ0v) is 17.1. The molecule has 0 fully saturated rings. The van der Waals surface area contributed by atoms with Crippen molar-refractivity contribution in [3.8, 4) is 5.75 Å². The normalized spacial score (nSPS) is 12.3. The van der Waals surface area contributed by atoms with Crippen molar-refractivity contribution in [1.82, 2.24) is 0 Å². The largest absolute Gasteiger partial charge is 0.427 e. The Kier molecular flexibility index (Phi) is 14.9. The number of para-hydroxylation sites is 1. The Morgan fingerprint density at radius 2 is 1.25 bits per heavy atom. The molecule has 0 aliphatic rings. The summed E-state index contributed by atoms with van der Waals surface area (Å²) in [6, 6.07) is 9.21. The van der Waals surface area contributed by atoms with Crippen molar-refractivity contribution in [2.45, 2.75) is 58.3 Å². The van der Waals surface area contributed by atoms with Crippen LogP contribution in [0.2, 0.25) is 0 Å². The van der Waals surface area contributed by atoms with Gasteiger partial charge in [0.05, 0.1) is 0 Å². The smallest absolute Gasteiger partial charge is 0.311 e. The summed E-state index contributed by atoms with van der Waals surface area (Å²) in [5.41, 5.74) is 0. The van der Waals surface area contributed by atoms with Crippen LogP contribution in [0.3, 0.4) is 0 Å². The predicted octanol–water partition coefficient (Wildman–Crippen LogP) is 7.51. The van der Waals surface area contributed by atoms with Gasteiger partial charge in [-0.2, -0.15) is 0 Å². The highest BCUT2D eigenvalue weighted by Crippen LogP contribution is 2.10. The number of ether oxygens (including phenoxy) is 1. The minimum absolute atomic E-state index is 0.168. The molecule has 1 aromatic carbocycles. The third kappa shape index (κ3) is 14.5. The highest BCUT2D eigenvalue weighted by atomic mass is 16.5. The monoisotopic (exact) mass is 378 g/mol. The van der Waals surface area contributed by atoms with Crippen LogP contribution in [-0.2, 0) is 4.79 Å². The van der Waals surface area contributed by atoms with Crippen LogP contribution < -0.4 is 4.74 Å². The van der Waals surface area contributed by atoms with E-state index < -0.39 is 0 Å². The predicted molar refractivity (Wildman–Crippen MR) is 120 cm³/mol. The molecule has 1 rings (SSSR count). The number of unbranched alkanes of at least 4 members (excludes halogenated alkanes) is 1. The van der Waals surface area contributed by atoms with Gasteiger partial charge in [-0.25, -0.2) is 0 Å². The van der Waals surface area contributed by atoms with Gasteiger partial charge >= 0.3 is 5.97 Å². The number of hydrogen-bond acceptors (Lipinski definition) is 2. The fraction of sp³-hybridized carbons (Fsp3) is 0.346. The topological polar surface area (TPSA) is 26.3 Å². The van der Waals surface area contributed by atoms with E-state index in [-0.39, 0.29) is 5.97 Å². The summed E-state index contributed by atoms with van der Waals surface area (Å²) in [6.07, 6.45) is 29.1. The second-order valence-corrected chi connectivity index (χ2v) is 6.39. The fourth-order valence-corrected chi connectivity index (χ4v) is 2.40. The number of allylic oxidation sites excluding steroid dienone is 10. The third-order valence-electron chi connectivity index (χ3n) is 3.88. The molecule has 0 unspecified atom stereocenters. The van der Waals surface area contributed by atoms with Gasteiger partial charge in [0.25, 0.3) is 0 Å². The maximum atomic E-state index is 11.7. The van der Waals surface area contributed by atoms with Crippen molar-refractivity contribution >= 4 is 5.97 Å². The lowest BCUT2D eigenvalue weighted by atomic mass is 10.2. The van der Waals surface area contributed by atoms with E-state index in [0.717, 1.165) is 44.9 Å². The van der Waals surface area contributed by atoms with Gasteiger partial charge in [-0.1, -0.05) is 85.9 Å². The lowest BCUT2D eigenvalue weighted by molar-refractivity contribution is -0.134. The average Bonchev–Trinajstić information content (AvgIpc) is 2.71. The Balaban J connectivity index is 1.97. The van der Waals surface area contributed by atoms with E-state index in [1.165, 1.54) is 0 Å². The molecule has 0 amide bonds. The number of benzene rings is 1. The van der Waals surface area contributed by atoms with Gasteiger partial charge in [-0.05, 0) is 57.1 Å². The van der Waals surface area contributed by atoms with Gasteiger partial charge in [0.2, 0.25) is 0 Å². The molecule has 28 heavy (non-hydrogen) atoms. The molecular weight excluding hydrogens is 344 g/mol. The van der Waals surface area contributed by atoms with Crippen molar-refractivity contribution in [3.63, 3.8) is 0 Å². The van der Waals surface area contributed by atoms with Crippen molar-refractivity contribution in [3.05, 3.63) is 91.1 Å². The molecule has 1 aromatic rings. The highest BCUT2D eigenvalue weighted by molar-refractivity contribution is 5.72. The Morgan fingerprint density at radius 1 is 0.750 bits per heavy atom. The number of esters is 1. The van der Waals surface area contributed by atoms with E-state index in [1.54, 1.807) is 12.1 Å². The van der Waals surface area contributed by atoms with Crippen LogP contribution in [0.25, 0.3) is 0 Å². The molecule has 0 saturated carbocycles. The van der Waals surface area contributed by atoms with Crippen LogP contribution >= 0.6 is 0 Å². The standard InChI is InChI=1S/C26H34O2/c1-2-3-4-5-6-7-8-9-10-11-12-13-14-15-16-17-21-24-26(27)28-25-22-19-18-20-23-25/h3-4,6-7,9-10,12-13,15-16,18-20,22-23H,2,5,8,11,14,17,21,24H2,1H3. The van der Waals surface area contributed by atoms with Gasteiger partial charge in [0.1, 0.15) is 5.75 Å². The second kappa shape index (κ2) is 17.8. The van der Waals surface area contributed by atoms with Crippen LogP contribution in [0.15, 0.2) is 91.1 Å². The number of rotatable bonds is 14. The van der Waals surface area contributed by atoms with Gasteiger partial charge in [0.15, 0.2) is 0 Å². The quantitative estimate of drug-likeness (QED) is 0.145. The van der Waals surface area contributed by atoms with Crippen LogP contribution in [0.1, 0.15) is 58.3 Å². The molecule has 0 heterocycles. The molecule has 150 valence electrons. The van der Waals surface area contributed by atoms with Crippen molar-refractivity contribution in [1.29, 1.82) is 0 Å². The van der Waals surface area contributed by atoms with E-state index in [0.29, 0.717) is 12.2 Å². The molecule has 0 aromatic heterocycles. The number of hydrogen-bond donors (Lipinski definition) is 0. The maximum Gasteiger partial charge on any atom is 0.311 e. The first-order valence-electron chi connectivity index (χ1n) is 10.3. The van der Waals surface area contributed by atoms with Gasteiger partial charge in [-0.15, -0.1) is 0 Å². The Hall–Kier alpha value is -2.61. The van der Waals surface area contributed by atoms with E-state index in [9.17, 15) is 4.79 Å². The zero-order valence-electron chi connectivity index (χ0n) is 17.1. The lowest BCUT2D eigenvalue weighted by Crippen LogP contribution is -2.06. The molecule has 0 bridgehead atoms. The van der Waals surface area contributed by atoms with Crippen LogP contribution in [0.5, 0.6) is 5.75 Å². The third-order valence-corrected chi connectivity index (χ3v) is 3.88. The second-order valence-electron chi connectivity index (χ2n) is 6.39. The summed E-state index contributed by atoms with van der Waals surface area (Å²) in [5, 5.41) is 0. The minimum Gasteiger partial charge on any atom is -0.427 e. The Labute approximate surface area is 171 Å². The molecule has 0 aliphatic carbocycles. The molecule has 2 nitrogen and oxygen atoms in total. The summed E-state index contributed by atoms with van der Waals surface area (Å²) >= 11 is 0. The first-order chi connectivity index (χ1) is 13.8. The Morgan fingerprint density at radius 3 is 1.79 bits per heavy atom. The summed E-state index contributed by atoms with van der Waals surface area (Å²) in [6.45, 7) is 2.15. The molecule has 0 saturated heterocycles. The SMILES string of the molecule is CCC=CCC=CCC=CCC=CCC=CCCCC(=O)Oc1ccccc1. The number of carbonyl (C=O) groups is 1. The molecule has 0 N–H and O–H groups in total. The van der Waals surface area contributed by atoms with E-state index in [4.69, 9.17) is 4.74 Å².